The fraction of sp³-hybridized carbons (Fsp3) is 0.615. The highest BCUT2D eigenvalue weighted by Crippen LogP contribution is 2.25. The number of hydrogen-bond donors (Lipinski definition) is 2. The molecule has 0 radical (unpaired) electrons. The predicted octanol–water partition coefficient (Wildman–Crippen LogP) is 0.572. The Bertz CT molecular complexity index is 555. The second-order valence-electron chi connectivity index (χ2n) is 5.24. The van der Waals surface area contributed by atoms with Gasteiger partial charge < -0.3 is 19.7 Å². The summed E-state index contributed by atoms with van der Waals surface area (Å²) in [5.41, 5.74) is -0.274. The minimum atomic E-state index is -0.933. The summed E-state index contributed by atoms with van der Waals surface area (Å²) >= 11 is 0. The third kappa shape index (κ3) is 2.82. The molecule has 2 atom stereocenters. The number of nitrogens with zero attached hydrogens (tertiary/aromatic N) is 2. The maximum atomic E-state index is 11.7. The molecule has 2 heterocycles. The number of anilines is 1. The minimum absolute atomic E-state index is 0.0618. The molecule has 1 aromatic rings. The summed E-state index contributed by atoms with van der Waals surface area (Å²) in [6.45, 7) is 4.25. The van der Waals surface area contributed by atoms with Gasteiger partial charge in [-0.25, -0.2) is 9.78 Å². The average Bonchev–Trinajstić information content (AvgIpc) is 2.82. The van der Waals surface area contributed by atoms with E-state index in [1.807, 2.05) is 13.8 Å². The topological polar surface area (TPSA) is 95.5 Å². The van der Waals surface area contributed by atoms with Gasteiger partial charge in [0, 0.05) is 32.1 Å². The lowest BCUT2D eigenvalue weighted by atomic mass is 10.2. The third-order valence-electron chi connectivity index (χ3n) is 3.47. The van der Waals surface area contributed by atoms with Crippen LogP contribution in [0.5, 0.6) is 0 Å². The first-order valence-electron chi connectivity index (χ1n) is 6.56. The fourth-order valence-corrected chi connectivity index (χ4v) is 2.34. The Labute approximate surface area is 116 Å². The Morgan fingerprint density at radius 2 is 2.30 bits per heavy atom. The van der Waals surface area contributed by atoms with Crippen LogP contribution >= 0.6 is 0 Å². The predicted molar refractivity (Wildman–Crippen MR) is 73.1 cm³/mol. The smallest absolute Gasteiger partial charge is 0.326 e. The standard InChI is InChI=1S/C13H19N3O4/c1-7(2)12-14-10(5-11(17)15-12)16-6-8(20-3)4-9(16)13(18)19/h5,7-9H,4,6H2,1-3H3,(H,18,19)(H,14,15,17). The van der Waals surface area contributed by atoms with Gasteiger partial charge in [0.1, 0.15) is 17.7 Å². The van der Waals surface area contributed by atoms with Crippen LogP contribution in [0.15, 0.2) is 10.9 Å². The lowest BCUT2D eigenvalue weighted by molar-refractivity contribution is -0.138. The molecule has 0 bridgehead atoms. The lowest BCUT2D eigenvalue weighted by Gasteiger charge is -2.22. The summed E-state index contributed by atoms with van der Waals surface area (Å²) in [6.07, 6.45) is 0.219. The van der Waals surface area contributed by atoms with Crippen molar-refractivity contribution in [3.8, 4) is 0 Å². The lowest BCUT2D eigenvalue weighted by Crippen LogP contribution is -2.37. The van der Waals surface area contributed by atoms with E-state index in [1.165, 1.54) is 6.07 Å². The molecule has 0 spiro atoms. The van der Waals surface area contributed by atoms with Crippen LogP contribution in [-0.2, 0) is 9.53 Å². The summed E-state index contributed by atoms with van der Waals surface area (Å²) in [6, 6.07) is 0.620. The van der Waals surface area contributed by atoms with Gasteiger partial charge in [0.05, 0.1) is 6.10 Å². The first-order chi connectivity index (χ1) is 9.42. The quantitative estimate of drug-likeness (QED) is 0.837. The number of nitrogens with one attached hydrogen (secondary N) is 1. The number of carbonyl (C=O) groups is 1. The minimum Gasteiger partial charge on any atom is -0.480 e. The monoisotopic (exact) mass is 281 g/mol. The van der Waals surface area contributed by atoms with Crippen molar-refractivity contribution in [3.63, 3.8) is 0 Å². The number of aromatic amines is 1. The number of methoxy groups -OCH3 is 1. The molecule has 1 aromatic heterocycles. The molecule has 0 saturated carbocycles. The van der Waals surface area contributed by atoms with Crippen molar-refractivity contribution < 1.29 is 14.6 Å². The second kappa shape index (κ2) is 5.62. The number of ether oxygens (including phenoxy) is 1. The van der Waals surface area contributed by atoms with Gasteiger partial charge in [-0.1, -0.05) is 13.8 Å². The van der Waals surface area contributed by atoms with Crippen LogP contribution in [0.25, 0.3) is 0 Å². The van der Waals surface area contributed by atoms with Gasteiger partial charge in [0.2, 0.25) is 0 Å². The van der Waals surface area contributed by atoms with Crippen LogP contribution in [0.1, 0.15) is 32.0 Å². The highest BCUT2D eigenvalue weighted by Gasteiger charge is 2.38. The molecule has 0 aliphatic carbocycles. The van der Waals surface area contributed by atoms with Crippen molar-refractivity contribution in [1.29, 1.82) is 0 Å². The Hall–Kier alpha value is -1.89. The summed E-state index contributed by atoms with van der Waals surface area (Å²) in [7, 11) is 1.55. The van der Waals surface area contributed by atoms with Gasteiger partial charge >= 0.3 is 5.97 Å². The summed E-state index contributed by atoms with van der Waals surface area (Å²) in [4.78, 5) is 31.7. The molecule has 2 unspecified atom stereocenters. The Kier molecular flexibility index (Phi) is 4.08. The first-order valence-corrected chi connectivity index (χ1v) is 6.56. The normalized spacial score (nSPS) is 22.5. The van der Waals surface area contributed by atoms with Crippen molar-refractivity contribution in [1.82, 2.24) is 9.97 Å². The molecule has 1 aliphatic heterocycles. The number of aromatic nitrogens is 2. The number of hydrogen-bond acceptors (Lipinski definition) is 5. The molecule has 1 fully saturated rings. The van der Waals surface area contributed by atoms with Gasteiger partial charge in [-0.3, -0.25) is 4.79 Å². The molecular weight excluding hydrogens is 262 g/mol. The van der Waals surface area contributed by atoms with E-state index in [0.29, 0.717) is 24.6 Å². The van der Waals surface area contributed by atoms with E-state index in [2.05, 4.69) is 9.97 Å². The van der Waals surface area contributed by atoms with Crippen molar-refractivity contribution in [2.75, 3.05) is 18.6 Å². The van der Waals surface area contributed by atoms with Crippen molar-refractivity contribution >= 4 is 11.8 Å². The maximum absolute atomic E-state index is 11.7. The average molecular weight is 281 g/mol. The van der Waals surface area contributed by atoms with E-state index in [1.54, 1.807) is 12.0 Å². The van der Waals surface area contributed by atoms with Crippen LogP contribution in [-0.4, -0.2) is 46.8 Å². The summed E-state index contributed by atoms with van der Waals surface area (Å²) < 4.78 is 5.23. The van der Waals surface area contributed by atoms with Gasteiger partial charge in [-0.15, -0.1) is 0 Å². The SMILES string of the molecule is COC1CC(C(=O)O)N(c2cc(=O)[nH]c(C(C)C)n2)C1. The first kappa shape index (κ1) is 14.5. The molecule has 1 saturated heterocycles. The van der Waals surface area contributed by atoms with Crippen molar-refractivity contribution in [2.45, 2.75) is 38.3 Å². The van der Waals surface area contributed by atoms with Gasteiger partial charge in [-0.05, 0) is 0 Å². The van der Waals surface area contributed by atoms with E-state index in [4.69, 9.17) is 4.74 Å². The van der Waals surface area contributed by atoms with Crippen molar-refractivity contribution in [3.05, 3.63) is 22.2 Å². The molecule has 2 N–H and O–H groups in total. The van der Waals surface area contributed by atoms with E-state index >= 15 is 0 Å². The fourth-order valence-electron chi connectivity index (χ4n) is 2.34. The maximum Gasteiger partial charge on any atom is 0.326 e. The molecule has 1 aliphatic rings. The van der Waals surface area contributed by atoms with Gasteiger partial charge in [0.25, 0.3) is 5.56 Å². The number of carboxylic acids is 1. The summed E-state index contributed by atoms with van der Waals surface area (Å²) in [5.74, 6) is 0.0754. The molecule has 0 amide bonds. The van der Waals surface area contributed by atoms with E-state index in [-0.39, 0.29) is 17.6 Å². The largest absolute Gasteiger partial charge is 0.480 e. The Morgan fingerprint density at radius 1 is 1.60 bits per heavy atom. The Morgan fingerprint density at radius 3 is 2.85 bits per heavy atom. The molecule has 7 nitrogen and oxygen atoms in total. The van der Waals surface area contributed by atoms with Crippen LogP contribution < -0.4 is 10.5 Å². The zero-order valence-corrected chi connectivity index (χ0v) is 11.8. The zero-order valence-electron chi connectivity index (χ0n) is 11.8. The number of carboxylic acid groups (broad SMARTS) is 1. The van der Waals surface area contributed by atoms with Crippen LogP contribution in [0.3, 0.4) is 0 Å². The molecule has 2 rings (SSSR count). The van der Waals surface area contributed by atoms with E-state index in [9.17, 15) is 14.7 Å². The van der Waals surface area contributed by atoms with E-state index < -0.39 is 12.0 Å². The molecular formula is C13H19N3O4. The molecule has 110 valence electrons. The number of H-pyrrole nitrogens is 1. The highest BCUT2D eigenvalue weighted by atomic mass is 16.5. The van der Waals surface area contributed by atoms with Gasteiger partial charge in [0.15, 0.2) is 0 Å². The summed E-state index contributed by atoms with van der Waals surface area (Å²) in [5, 5.41) is 9.30. The van der Waals surface area contributed by atoms with Gasteiger partial charge in [-0.2, -0.15) is 0 Å². The zero-order chi connectivity index (χ0) is 14.9. The third-order valence-corrected chi connectivity index (χ3v) is 3.47. The van der Waals surface area contributed by atoms with Crippen LogP contribution in [0.4, 0.5) is 5.82 Å². The molecule has 7 heteroatoms. The van der Waals surface area contributed by atoms with Crippen LogP contribution in [0, 0.1) is 0 Å². The van der Waals surface area contributed by atoms with Crippen LogP contribution in [0.2, 0.25) is 0 Å². The molecule has 20 heavy (non-hydrogen) atoms. The highest BCUT2D eigenvalue weighted by molar-refractivity contribution is 5.78. The number of rotatable bonds is 4. The van der Waals surface area contributed by atoms with Crippen molar-refractivity contribution in [2.24, 2.45) is 0 Å². The van der Waals surface area contributed by atoms with E-state index in [0.717, 1.165) is 0 Å². The second-order valence-corrected chi connectivity index (χ2v) is 5.24. The molecule has 0 aromatic carbocycles. The number of aliphatic carboxylic acids is 1. The Balaban J connectivity index is 2.38.